The van der Waals surface area contributed by atoms with Crippen molar-refractivity contribution in [2.24, 2.45) is 0 Å². The molecule has 0 spiro atoms. The maximum atomic E-state index is 12.3. The molecule has 0 atom stereocenters. The minimum Gasteiger partial charge on any atom is -0.325 e. The van der Waals surface area contributed by atoms with E-state index < -0.39 is 0 Å². The third kappa shape index (κ3) is 4.67. The number of aryl methyl sites for hydroxylation is 2. The lowest BCUT2D eigenvalue weighted by Crippen LogP contribution is -2.19. The molecule has 0 radical (unpaired) electrons. The first-order valence-corrected chi connectivity index (χ1v) is 10.3. The van der Waals surface area contributed by atoms with E-state index in [9.17, 15) is 4.79 Å². The molecule has 140 valence electrons. The van der Waals surface area contributed by atoms with Gasteiger partial charge >= 0.3 is 0 Å². The number of carbonyl (C=O) groups excluding carboxylic acids is 1. The normalized spacial score (nSPS) is 14.6. The standard InChI is InChI=1S/C20H28N4OS/c1-14-9-10-15(12-16(14)21-18(25)13-26-20(2,3)4)19-23-22-17-8-6-5-7-11-24(17)19/h9-10,12H,5-8,11,13H2,1-4H3,(H,21,25). The molecular weight excluding hydrogens is 344 g/mol. The van der Waals surface area contributed by atoms with Crippen LogP contribution < -0.4 is 5.32 Å². The highest BCUT2D eigenvalue weighted by Gasteiger charge is 2.18. The second-order valence-corrected chi connectivity index (χ2v) is 9.68. The van der Waals surface area contributed by atoms with Crippen LogP contribution in [-0.4, -0.2) is 31.2 Å². The van der Waals surface area contributed by atoms with Crippen LogP contribution in [0.3, 0.4) is 0 Å². The minimum absolute atomic E-state index is 0.0326. The summed E-state index contributed by atoms with van der Waals surface area (Å²) in [4.78, 5) is 12.3. The van der Waals surface area contributed by atoms with Crippen molar-refractivity contribution in [1.82, 2.24) is 14.8 Å². The molecule has 5 nitrogen and oxygen atoms in total. The number of thioether (sulfide) groups is 1. The lowest BCUT2D eigenvalue weighted by atomic mass is 10.1. The van der Waals surface area contributed by atoms with Crippen molar-refractivity contribution in [3.05, 3.63) is 29.6 Å². The number of hydrogen-bond acceptors (Lipinski definition) is 4. The molecule has 0 saturated carbocycles. The third-order valence-electron chi connectivity index (χ3n) is 4.52. The van der Waals surface area contributed by atoms with E-state index in [2.05, 4.69) is 46.9 Å². The molecule has 0 saturated heterocycles. The molecule has 1 aliphatic heterocycles. The van der Waals surface area contributed by atoms with Crippen LogP contribution in [0.4, 0.5) is 5.69 Å². The molecule has 1 N–H and O–H groups in total. The first kappa shape index (κ1) is 19.0. The number of anilines is 1. The Morgan fingerprint density at radius 2 is 2.04 bits per heavy atom. The van der Waals surface area contributed by atoms with Crippen molar-refractivity contribution in [1.29, 1.82) is 0 Å². The van der Waals surface area contributed by atoms with Gasteiger partial charge in [-0.15, -0.1) is 22.0 Å². The Balaban J connectivity index is 1.80. The molecule has 1 amide bonds. The van der Waals surface area contributed by atoms with Crippen LogP contribution in [0.25, 0.3) is 11.4 Å². The SMILES string of the molecule is Cc1ccc(-c2nnc3n2CCCCC3)cc1NC(=O)CSC(C)(C)C. The number of hydrogen-bond donors (Lipinski definition) is 1. The summed E-state index contributed by atoms with van der Waals surface area (Å²) in [5.74, 6) is 2.46. The second kappa shape index (κ2) is 7.82. The molecule has 0 aliphatic carbocycles. The summed E-state index contributed by atoms with van der Waals surface area (Å²) in [6.45, 7) is 9.34. The Hall–Kier alpha value is -1.82. The molecule has 6 heteroatoms. The fourth-order valence-electron chi connectivity index (χ4n) is 3.06. The van der Waals surface area contributed by atoms with Crippen molar-refractivity contribution in [2.75, 3.05) is 11.1 Å². The van der Waals surface area contributed by atoms with Crippen molar-refractivity contribution < 1.29 is 4.79 Å². The molecule has 0 bridgehead atoms. The van der Waals surface area contributed by atoms with Crippen LogP contribution in [0.2, 0.25) is 0 Å². The fourth-order valence-corrected chi connectivity index (χ4v) is 3.70. The quantitative estimate of drug-likeness (QED) is 0.861. The molecule has 2 heterocycles. The van der Waals surface area contributed by atoms with Crippen LogP contribution in [0.15, 0.2) is 18.2 Å². The van der Waals surface area contributed by atoms with Gasteiger partial charge in [-0.1, -0.05) is 39.3 Å². The number of carbonyl (C=O) groups is 1. The predicted molar refractivity (Wildman–Crippen MR) is 109 cm³/mol. The maximum absolute atomic E-state index is 12.3. The van der Waals surface area contributed by atoms with E-state index >= 15 is 0 Å². The predicted octanol–water partition coefficient (Wildman–Crippen LogP) is 4.45. The monoisotopic (exact) mass is 372 g/mol. The number of amides is 1. The van der Waals surface area contributed by atoms with Gasteiger partial charge in [0, 0.05) is 29.0 Å². The number of benzene rings is 1. The third-order valence-corrected chi connectivity index (χ3v) is 5.79. The highest BCUT2D eigenvalue weighted by molar-refractivity contribution is 8.01. The minimum atomic E-state index is 0.0326. The first-order chi connectivity index (χ1) is 12.3. The molecule has 26 heavy (non-hydrogen) atoms. The topological polar surface area (TPSA) is 59.8 Å². The Kier molecular flexibility index (Phi) is 5.70. The molecular formula is C20H28N4OS. The van der Waals surface area contributed by atoms with Gasteiger partial charge in [0.2, 0.25) is 5.91 Å². The van der Waals surface area contributed by atoms with E-state index in [0.29, 0.717) is 5.75 Å². The number of rotatable bonds is 4. The molecule has 1 aliphatic rings. The van der Waals surface area contributed by atoms with Gasteiger partial charge in [-0.05, 0) is 31.4 Å². The molecule has 0 unspecified atom stereocenters. The van der Waals surface area contributed by atoms with Crippen molar-refractivity contribution in [3.63, 3.8) is 0 Å². The second-order valence-electron chi connectivity index (χ2n) is 7.88. The van der Waals surface area contributed by atoms with Crippen molar-refractivity contribution >= 4 is 23.4 Å². The summed E-state index contributed by atoms with van der Waals surface area (Å²) >= 11 is 1.65. The lowest BCUT2D eigenvalue weighted by Gasteiger charge is -2.17. The summed E-state index contributed by atoms with van der Waals surface area (Å²) in [6.07, 6.45) is 4.58. The number of aromatic nitrogens is 3. The largest absolute Gasteiger partial charge is 0.325 e. The van der Waals surface area contributed by atoms with Crippen LogP contribution in [0.1, 0.15) is 51.4 Å². The van der Waals surface area contributed by atoms with Crippen molar-refractivity contribution in [2.45, 2.75) is 64.7 Å². The van der Waals surface area contributed by atoms with Gasteiger partial charge in [-0.3, -0.25) is 4.79 Å². The molecule has 1 aromatic carbocycles. The number of nitrogens with one attached hydrogen (secondary N) is 1. The first-order valence-electron chi connectivity index (χ1n) is 9.30. The Morgan fingerprint density at radius 3 is 2.81 bits per heavy atom. The highest BCUT2D eigenvalue weighted by Crippen LogP contribution is 2.28. The Bertz CT molecular complexity index is 792. The number of fused-ring (bicyclic) bond motifs is 1. The summed E-state index contributed by atoms with van der Waals surface area (Å²) in [7, 11) is 0. The maximum Gasteiger partial charge on any atom is 0.234 e. The van der Waals surface area contributed by atoms with E-state index in [0.717, 1.165) is 47.8 Å². The number of nitrogens with zero attached hydrogens (tertiary/aromatic N) is 3. The van der Waals surface area contributed by atoms with E-state index in [1.807, 2.05) is 19.1 Å². The molecule has 3 rings (SSSR count). The highest BCUT2D eigenvalue weighted by atomic mass is 32.2. The van der Waals surface area contributed by atoms with Gasteiger partial charge in [-0.2, -0.15) is 0 Å². The van der Waals surface area contributed by atoms with Gasteiger partial charge in [0.15, 0.2) is 5.82 Å². The molecule has 2 aromatic rings. The summed E-state index contributed by atoms with van der Waals surface area (Å²) in [5, 5.41) is 11.9. The van der Waals surface area contributed by atoms with Gasteiger partial charge in [0.25, 0.3) is 0 Å². The molecule has 1 aromatic heterocycles. The zero-order valence-corrected chi connectivity index (χ0v) is 16.9. The Morgan fingerprint density at radius 1 is 1.23 bits per heavy atom. The zero-order chi connectivity index (χ0) is 18.7. The van der Waals surface area contributed by atoms with Crippen LogP contribution in [0.5, 0.6) is 0 Å². The van der Waals surface area contributed by atoms with E-state index in [1.165, 1.54) is 12.8 Å². The van der Waals surface area contributed by atoms with Gasteiger partial charge in [0.1, 0.15) is 5.82 Å². The van der Waals surface area contributed by atoms with Crippen LogP contribution in [0, 0.1) is 6.92 Å². The molecule has 0 fully saturated rings. The average Bonchev–Trinajstić information content (AvgIpc) is 2.83. The fraction of sp³-hybridized carbons (Fsp3) is 0.550. The smallest absolute Gasteiger partial charge is 0.234 e. The Labute approximate surface area is 160 Å². The zero-order valence-electron chi connectivity index (χ0n) is 16.1. The summed E-state index contributed by atoms with van der Waals surface area (Å²) in [5.41, 5.74) is 2.92. The van der Waals surface area contributed by atoms with Gasteiger partial charge < -0.3 is 9.88 Å². The van der Waals surface area contributed by atoms with E-state index in [4.69, 9.17) is 0 Å². The van der Waals surface area contributed by atoms with Crippen LogP contribution in [-0.2, 0) is 17.8 Å². The average molecular weight is 373 g/mol. The summed E-state index contributed by atoms with van der Waals surface area (Å²) in [6, 6.07) is 6.13. The van der Waals surface area contributed by atoms with Gasteiger partial charge in [0.05, 0.1) is 5.75 Å². The van der Waals surface area contributed by atoms with Gasteiger partial charge in [-0.25, -0.2) is 0 Å². The van der Waals surface area contributed by atoms with Crippen molar-refractivity contribution in [3.8, 4) is 11.4 Å². The lowest BCUT2D eigenvalue weighted by molar-refractivity contribution is -0.113. The summed E-state index contributed by atoms with van der Waals surface area (Å²) < 4.78 is 2.31. The van der Waals surface area contributed by atoms with E-state index in [1.54, 1.807) is 11.8 Å². The van der Waals surface area contributed by atoms with Crippen LogP contribution >= 0.6 is 11.8 Å². The van der Waals surface area contributed by atoms with E-state index in [-0.39, 0.29) is 10.7 Å².